The summed E-state index contributed by atoms with van der Waals surface area (Å²) in [5, 5.41) is 2.98. The molecule has 0 spiro atoms. The van der Waals surface area contributed by atoms with Gasteiger partial charge in [-0.05, 0) is 55.7 Å². The maximum absolute atomic E-state index is 13.3. The number of ether oxygens (including phenoxy) is 2. The van der Waals surface area contributed by atoms with Crippen molar-refractivity contribution in [2.45, 2.75) is 38.7 Å². The van der Waals surface area contributed by atoms with Crippen molar-refractivity contribution in [1.82, 2.24) is 19.9 Å². The van der Waals surface area contributed by atoms with E-state index in [4.69, 9.17) is 25.2 Å². The second-order valence-electron chi connectivity index (χ2n) is 8.52. The Kier molecular flexibility index (Phi) is 6.31. The Bertz CT molecular complexity index is 1310. The number of aromatic nitrogens is 3. The molecule has 3 heterocycles. The van der Waals surface area contributed by atoms with Gasteiger partial charge in [0.1, 0.15) is 22.6 Å². The zero-order chi connectivity index (χ0) is 23.5. The summed E-state index contributed by atoms with van der Waals surface area (Å²) in [4.78, 5) is 22.9. The molecule has 0 bridgehead atoms. The van der Waals surface area contributed by atoms with Crippen LogP contribution in [-0.4, -0.2) is 46.3 Å². The van der Waals surface area contributed by atoms with Gasteiger partial charge < -0.3 is 20.5 Å². The van der Waals surface area contributed by atoms with Gasteiger partial charge in [-0.25, -0.2) is 9.97 Å². The number of nitrogen functional groups attached to an aromatic ring is 1. The molecule has 1 aliphatic heterocycles. The maximum Gasteiger partial charge on any atom is 0.257 e. The van der Waals surface area contributed by atoms with Crippen molar-refractivity contribution in [2.75, 3.05) is 25.5 Å². The van der Waals surface area contributed by atoms with E-state index >= 15 is 0 Å². The number of unbranched alkanes of at least 4 members (excludes halogenated alkanes) is 1. The summed E-state index contributed by atoms with van der Waals surface area (Å²) in [6.45, 7) is 3.98. The minimum atomic E-state index is -0.277. The van der Waals surface area contributed by atoms with Gasteiger partial charge in [0.25, 0.3) is 5.91 Å². The second kappa shape index (κ2) is 9.69. The van der Waals surface area contributed by atoms with Crippen LogP contribution < -0.4 is 15.8 Å². The summed E-state index contributed by atoms with van der Waals surface area (Å²) in [6.07, 6.45) is 4.07. The van der Waals surface area contributed by atoms with Crippen LogP contribution in [0, 0.1) is 0 Å². The molecule has 0 radical (unpaired) electrons. The van der Waals surface area contributed by atoms with E-state index in [-0.39, 0.29) is 12.0 Å². The molecule has 1 aliphatic rings. The first-order chi connectivity index (χ1) is 16.7. The fourth-order valence-electron chi connectivity index (χ4n) is 4.27. The zero-order valence-corrected chi connectivity index (χ0v) is 19.3. The molecular weight excluding hydrogens is 430 g/mol. The molecule has 3 N–H and O–H groups in total. The molecule has 0 saturated carbocycles. The summed E-state index contributed by atoms with van der Waals surface area (Å²) in [6, 6.07) is 15.2. The van der Waals surface area contributed by atoms with E-state index < -0.39 is 0 Å². The van der Waals surface area contributed by atoms with Crippen LogP contribution in [0.3, 0.4) is 0 Å². The van der Waals surface area contributed by atoms with Gasteiger partial charge in [0, 0.05) is 18.8 Å². The minimum absolute atomic E-state index is 0.0330. The molecule has 5 rings (SSSR count). The Balaban J connectivity index is 1.56. The molecule has 8 heteroatoms. The Morgan fingerprint density at radius 2 is 1.94 bits per heavy atom. The van der Waals surface area contributed by atoms with Crippen molar-refractivity contribution in [1.29, 1.82) is 0 Å². The monoisotopic (exact) mass is 459 g/mol. The predicted molar refractivity (Wildman–Crippen MR) is 132 cm³/mol. The third kappa shape index (κ3) is 4.28. The lowest BCUT2D eigenvalue weighted by Gasteiger charge is -2.11. The smallest absolute Gasteiger partial charge is 0.257 e. The molecule has 176 valence electrons. The highest BCUT2D eigenvalue weighted by Crippen LogP contribution is 2.31. The Hall–Kier alpha value is -3.65. The number of hydrogen-bond acceptors (Lipinski definition) is 6. The second-order valence-corrected chi connectivity index (χ2v) is 8.52. The fourth-order valence-corrected chi connectivity index (χ4v) is 4.27. The zero-order valence-electron chi connectivity index (χ0n) is 19.3. The molecule has 1 fully saturated rings. The number of nitrogens with one attached hydrogen (secondary N) is 1. The summed E-state index contributed by atoms with van der Waals surface area (Å²) in [5.74, 6) is 0.814. The van der Waals surface area contributed by atoms with Crippen LogP contribution in [-0.2, 0) is 4.74 Å². The van der Waals surface area contributed by atoms with E-state index in [1.807, 2.05) is 48.5 Å². The minimum Gasteiger partial charge on any atom is -0.494 e. The molecule has 1 saturated heterocycles. The van der Waals surface area contributed by atoms with Crippen molar-refractivity contribution in [3.8, 4) is 11.4 Å². The molecule has 1 amide bonds. The van der Waals surface area contributed by atoms with E-state index in [2.05, 4.69) is 12.2 Å². The van der Waals surface area contributed by atoms with Crippen molar-refractivity contribution in [3.63, 3.8) is 0 Å². The highest BCUT2D eigenvalue weighted by Gasteiger charge is 2.26. The van der Waals surface area contributed by atoms with E-state index in [0.29, 0.717) is 41.2 Å². The van der Waals surface area contributed by atoms with Crippen LogP contribution in [0.2, 0.25) is 0 Å². The van der Waals surface area contributed by atoms with E-state index in [1.165, 1.54) is 0 Å². The lowest BCUT2D eigenvalue weighted by atomic mass is 10.2. The number of hydrogen-bond donors (Lipinski definition) is 2. The molecule has 4 aromatic rings. The van der Waals surface area contributed by atoms with Crippen molar-refractivity contribution < 1.29 is 14.3 Å². The quantitative estimate of drug-likeness (QED) is 0.382. The summed E-state index contributed by atoms with van der Waals surface area (Å²) >= 11 is 0. The first kappa shape index (κ1) is 22.2. The number of benzene rings is 2. The molecule has 0 aliphatic carbocycles. The number of amides is 1. The number of nitrogens with zero attached hydrogens (tertiary/aromatic N) is 3. The van der Waals surface area contributed by atoms with Crippen LogP contribution in [0.25, 0.3) is 27.9 Å². The maximum atomic E-state index is 13.3. The SMILES string of the molecule is CCCCOc1ccc(-n2c(N)c(C(=O)NC[C@H]3CCCO3)c3nc4ccccc4nc32)cc1. The molecule has 0 unspecified atom stereocenters. The van der Waals surface area contributed by atoms with E-state index in [0.717, 1.165) is 49.2 Å². The summed E-state index contributed by atoms with van der Waals surface area (Å²) in [7, 11) is 0. The number of nitrogens with two attached hydrogens (primary N) is 1. The van der Waals surface area contributed by atoms with Crippen molar-refractivity contribution in [2.24, 2.45) is 0 Å². The summed E-state index contributed by atoms with van der Waals surface area (Å²) in [5.41, 5.74) is 10.2. The number of anilines is 1. The van der Waals surface area contributed by atoms with Crippen molar-refractivity contribution >= 4 is 33.9 Å². The van der Waals surface area contributed by atoms with Crippen LogP contribution in [0.15, 0.2) is 48.5 Å². The molecule has 34 heavy (non-hydrogen) atoms. The van der Waals surface area contributed by atoms with Crippen molar-refractivity contribution in [3.05, 3.63) is 54.1 Å². The van der Waals surface area contributed by atoms with Crippen LogP contribution in [0.5, 0.6) is 5.75 Å². The average Bonchev–Trinajstić information content (AvgIpc) is 3.47. The van der Waals surface area contributed by atoms with Crippen LogP contribution >= 0.6 is 0 Å². The first-order valence-corrected chi connectivity index (χ1v) is 11.9. The van der Waals surface area contributed by atoms with Crippen LogP contribution in [0.1, 0.15) is 43.0 Å². The lowest BCUT2D eigenvalue weighted by Crippen LogP contribution is -2.32. The van der Waals surface area contributed by atoms with Gasteiger partial charge in [-0.15, -0.1) is 0 Å². The number of para-hydroxylation sites is 2. The van der Waals surface area contributed by atoms with E-state index in [1.54, 1.807) is 4.57 Å². The number of carbonyl (C=O) groups is 1. The molecule has 1 atom stereocenters. The topological polar surface area (TPSA) is 104 Å². The molecule has 2 aromatic heterocycles. The molecule has 8 nitrogen and oxygen atoms in total. The van der Waals surface area contributed by atoms with E-state index in [9.17, 15) is 4.79 Å². The highest BCUT2D eigenvalue weighted by atomic mass is 16.5. The van der Waals surface area contributed by atoms with Gasteiger partial charge in [-0.2, -0.15) is 0 Å². The normalized spacial score (nSPS) is 15.7. The number of fused-ring (bicyclic) bond motifs is 2. The third-order valence-corrected chi connectivity index (χ3v) is 6.10. The third-order valence-electron chi connectivity index (χ3n) is 6.10. The predicted octanol–water partition coefficient (Wildman–Crippen LogP) is 4.24. The number of rotatable bonds is 8. The Morgan fingerprint density at radius 1 is 1.18 bits per heavy atom. The molecule has 2 aromatic carbocycles. The average molecular weight is 460 g/mol. The van der Waals surface area contributed by atoms with Gasteiger partial charge >= 0.3 is 0 Å². The largest absolute Gasteiger partial charge is 0.494 e. The van der Waals surface area contributed by atoms with Gasteiger partial charge in [-0.1, -0.05) is 25.5 Å². The van der Waals surface area contributed by atoms with Gasteiger partial charge in [0.05, 0.1) is 23.7 Å². The lowest BCUT2D eigenvalue weighted by molar-refractivity contribution is 0.0859. The fraction of sp³-hybridized carbons (Fsp3) is 0.346. The Morgan fingerprint density at radius 3 is 2.65 bits per heavy atom. The number of carbonyl (C=O) groups excluding carboxylic acids is 1. The highest BCUT2D eigenvalue weighted by molar-refractivity contribution is 6.11. The Labute approximate surface area is 198 Å². The molecular formula is C26H29N5O3. The van der Waals surface area contributed by atoms with Gasteiger partial charge in [-0.3, -0.25) is 9.36 Å². The summed E-state index contributed by atoms with van der Waals surface area (Å²) < 4.78 is 13.2. The van der Waals surface area contributed by atoms with Gasteiger partial charge in [0.2, 0.25) is 0 Å². The van der Waals surface area contributed by atoms with Gasteiger partial charge in [0.15, 0.2) is 5.65 Å². The standard InChI is InChI=1S/C26H29N5O3/c1-2-3-14-33-18-12-10-17(11-13-18)31-24(27)22(26(32)28-16-19-7-6-15-34-19)23-25(31)30-21-9-5-4-8-20(21)29-23/h4-5,8-13,19H,2-3,6-7,14-16,27H2,1H3,(H,28,32)/t19-/m1/s1. The first-order valence-electron chi connectivity index (χ1n) is 11.9. The van der Waals surface area contributed by atoms with Crippen LogP contribution in [0.4, 0.5) is 5.82 Å².